The van der Waals surface area contributed by atoms with Crippen LogP contribution in [0.1, 0.15) is 40.0 Å². The van der Waals surface area contributed by atoms with Gasteiger partial charge < -0.3 is 9.84 Å². The summed E-state index contributed by atoms with van der Waals surface area (Å²) >= 11 is 0. The van der Waals surface area contributed by atoms with Crippen molar-refractivity contribution in [2.24, 2.45) is 11.8 Å². The number of aliphatic hydroxyl groups is 1. The van der Waals surface area contributed by atoms with Gasteiger partial charge >= 0.3 is 0 Å². The maximum Gasteiger partial charge on any atom is 0.0675 e. The summed E-state index contributed by atoms with van der Waals surface area (Å²) in [6.45, 7) is 6.34. The molecule has 3 atom stereocenters. The third kappa shape index (κ3) is 2.44. The highest BCUT2D eigenvalue weighted by Gasteiger charge is 2.38. The second kappa shape index (κ2) is 3.97. The molecule has 0 spiro atoms. The molecule has 0 aromatic carbocycles. The first-order chi connectivity index (χ1) is 5.97. The van der Waals surface area contributed by atoms with E-state index in [1.165, 1.54) is 6.42 Å². The lowest BCUT2D eigenvalue weighted by atomic mass is 9.73. The van der Waals surface area contributed by atoms with E-state index in [0.717, 1.165) is 12.8 Å². The van der Waals surface area contributed by atoms with Gasteiger partial charge in [-0.15, -0.1) is 0 Å². The van der Waals surface area contributed by atoms with E-state index in [4.69, 9.17) is 4.74 Å². The minimum atomic E-state index is -0.182. The highest BCUT2D eigenvalue weighted by molar-refractivity contribution is 4.88. The largest absolute Gasteiger partial charge is 0.393 e. The molecule has 0 saturated heterocycles. The average Bonchev–Trinajstić information content (AvgIpc) is 2.03. The van der Waals surface area contributed by atoms with Gasteiger partial charge in [0, 0.05) is 13.0 Å². The molecular formula is C11H22O2. The highest BCUT2D eigenvalue weighted by Crippen LogP contribution is 2.36. The van der Waals surface area contributed by atoms with E-state index in [2.05, 4.69) is 20.8 Å². The van der Waals surface area contributed by atoms with Crippen LogP contribution in [0.2, 0.25) is 0 Å². The van der Waals surface area contributed by atoms with Gasteiger partial charge in [0.15, 0.2) is 0 Å². The number of rotatable bonds is 2. The number of methoxy groups -OCH3 is 1. The number of hydrogen-bond acceptors (Lipinski definition) is 2. The molecule has 0 aromatic heterocycles. The van der Waals surface area contributed by atoms with Crippen molar-refractivity contribution in [3.63, 3.8) is 0 Å². The fourth-order valence-electron chi connectivity index (χ4n) is 2.31. The summed E-state index contributed by atoms with van der Waals surface area (Å²) in [6.07, 6.45) is 3.05. The van der Waals surface area contributed by atoms with Crippen molar-refractivity contribution in [3.05, 3.63) is 0 Å². The van der Waals surface area contributed by atoms with Gasteiger partial charge in [0.25, 0.3) is 0 Å². The predicted octanol–water partition coefficient (Wildman–Crippen LogP) is 2.21. The number of hydrogen-bond donors (Lipinski definition) is 1. The van der Waals surface area contributed by atoms with E-state index in [1.807, 2.05) is 0 Å². The molecule has 0 aliphatic heterocycles. The highest BCUT2D eigenvalue weighted by atomic mass is 16.5. The zero-order chi connectivity index (χ0) is 10.1. The molecule has 13 heavy (non-hydrogen) atoms. The maximum absolute atomic E-state index is 9.93. The summed E-state index contributed by atoms with van der Waals surface area (Å²) < 4.78 is 5.42. The Kier molecular flexibility index (Phi) is 3.36. The zero-order valence-corrected chi connectivity index (χ0v) is 9.21. The van der Waals surface area contributed by atoms with Crippen LogP contribution in [0.3, 0.4) is 0 Å². The van der Waals surface area contributed by atoms with Crippen molar-refractivity contribution < 1.29 is 9.84 Å². The second-order valence-corrected chi connectivity index (χ2v) is 4.90. The minimum absolute atomic E-state index is 0.181. The molecule has 1 fully saturated rings. The van der Waals surface area contributed by atoms with Gasteiger partial charge in [-0.1, -0.05) is 13.3 Å². The molecule has 1 aliphatic rings. The Morgan fingerprint density at radius 3 is 2.38 bits per heavy atom. The van der Waals surface area contributed by atoms with Gasteiger partial charge in [-0.05, 0) is 32.6 Å². The first-order valence-corrected chi connectivity index (χ1v) is 5.20. The van der Waals surface area contributed by atoms with Crippen LogP contribution in [-0.2, 0) is 4.74 Å². The molecule has 1 saturated carbocycles. The lowest BCUT2D eigenvalue weighted by Gasteiger charge is -2.40. The summed E-state index contributed by atoms with van der Waals surface area (Å²) in [5.74, 6) is 0.965. The first-order valence-electron chi connectivity index (χ1n) is 5.20. The Bertz CT molecular complexity index is 165. The van der Waals surface area contributed by atoms with Gasteiger partial charge in [-0.2, -0.15) is 0 Å². The monoisotopic (exact) mass is 186 g/mol. The zero-order valence-electron chi connectivity index (χ0n) is 9.21. The SMILES string of the molecule is COC(C)(C)[C@@H]1CCC(C)C[C@H]1O. The van der Waals surface area contributed by atoms with E-state index in [1.54, 1.807) is 7.11 Å². The Labute approximate surface area is 81.3 Å². The molecule has 0 bridgehead atoms. The van der Waals surface area contributed by atoms with Gasteiger partial charge in [-0.3, -0.25) is 0 Å². The summed E-state index contributed by atoms with van der Waals surface area (Å²) in [4.78, 5) is 0. The van der Waals surface area contributed by atoms with Crippen LogP contribution in [0.15, 0.2) is 0 Å². The number of aliphatic hydroxyl groups excluding tert-OH is 1. The summed E-state index contributed by atoms with van der Waals surface area (Å²) in [5, 5.41) is 9.93. The quantitative estimate of drug-likeness (QED) is 0.716. The van der Waals surface area contributed by atoms with Crippen LogP contribution in [0, 0.1) is 11.8 Å². The smallest absolute Gasteiger partial charge is 0.0675 e. The first kappa shape index (κ1) is 11.0. The summed E-state index contributed by atoms with van der Waals surface area (Å²) in [5.41, 5.74) is -0.181. The van der Waals surface area contributed by atoms with E-state index in [0.29, 0.717) is 11.8 Å². The standard InChI is InChI=1S/C11H22O2/c1-8-5-6-9(10(12)7-8)11(2,3)13-4/h8-10,12H,5-7H2,1-4H3/t8?,9-,10-/m1/s1. The molecule has 1 rings (SSSR count). The Hall–Kier alpha value is -0.0800. The average molecular weight is 186 g/mol. The van der Waals surface area contributed by atoms with Crippen molar-refractivity contribution in [1.82, 2.24) is 0 Å². The maximum atomic E-state index is 9.93. The van der Waals surface area contributed by atoms with Crippen LogP contribution in [-0.4, -0.2) is 23.9 Å². The Morgan fingerprint density at radius 1 is 1.31 bits per heavy atom. The Balaban J connectivity index is 2.60. The second-order valence-electron chi connectivity index (χ2n) is 4.90. The topological polar surface area (TPSA) is 29.5 Å². The third-order valence-electron chi connectivity index (χ3n) is 3.50. The normalized spacial score (nSPS) is 36.2. The Morgan fingerprint density at radius 2 is 1.92 bits per heavy atom. The third-order valence-corrected chi connectivity index (χ3v) is 3.50. The van der Waals surface area contributed by atoms with Gasteiger partial charge in [0.05, 0.1) is 11.7 Å². The number of ether oxygens (including phenoxy) is 1. The molecule has 0 radical (unpaired) electrons. The fourth-order valence-corrected chi connectivity index (χ4v) is 2.31. The fraction of sp³-hybridized carbons (Fsp3) is 1.00. The van der Waals surface area contributed by atoms with Crippen LogP contribution >= 0.6 is 0 Å². The molecule has 1 aliphatic carbocycles. The molecule has 0 amide bonds. The van der Waals surface area contributed by atoms with Crippen molar-refractivity contribution >= 4 is 0 Å². The summed E-state index contributed by atoms with van der Waals surface area (Å²) in [6, 6.07) is 0. The lowest BCUT2D eigenvalue weighted by molar-refractivity contribution is -0.0956. The van der Waals surface area contributed by atoms with Crippen LogP contribution < -0.4 is 0 Å². The lowest BCUT2D eigenvalue weighted by Crippen LogP contribution is -2.44. The van der Waals surface area contributed by atoms with Gasteiger partial charge in [0.1, 0.15) is 0 Å². The molecule has 1 unspecified atom stereocenters. The molecule has 0 heterocycles. The molecular weight excluding hydrogens is 164 g/mol. The van der Waals surface area contributed by atoms with Crippen LogP contribution in [0.4, 0.5) is 0 Å². The molecule has 78 valence electrons. The van der Waals surface area contributed by atoms with E-state index in [9.17, 15) is 5.11 Å². The molecule has 2 heteroatoms. The van der Waals surface area contributed by atoms with Crippen molar-refractivity contribution in [2.75, 3.05) is 7.11 Å². The predicted molar refractivity (Wildman–Crippen MR) is 53.6 cm³/mol. The van der Waals surface area contributed by atoms with Crippen LogP contribution in [0.5, 0.6) is 0 Å². The molecule has 1 N–H and O–H groups in total. The summed E-state index contributed by atoms with van der Waals surface area (Å²) in [7, 11) is 1.73. The van der Waals surface area contributed by atoms with Crippen molar-refractivity contribution in [2.45, 2.75) is 51.7 Å². The van der Waals surface area contributed by atoms with E-state index < -0.39 is 0 Å². The van der Waals surface area contributed by atoms with Crippen molar-refractivity contribution in [3.8, 4) is 0 Å². The van der Waals surface area contributed by atoms with Gasteiger partial charge in [0.2, 0.25) is 0 Å². The van der Waals surface area contributed by atoms with Crippen LogP contribution in [0.25, 0.3) is 0 Å². The molecule has 2 nitrogen and oxygen atoms in total. The van der Waals surface area contributed by atoms with E-state index in [-0.39, 0.29) is 11.7 Å². The molecule has 0 aromatic rings. The van der Waals surface area contributed by atoms with Crippen molar-refractivity contribution in [1.29, 1.82) is 0 Å². The van der Waals surface area contributed by atoms with E-state index >= 15 is 0 Å². The minimum Gasteiger partial charge on any atom is -0.393 e. The van der Waals surface area contributed by atoms with Gasteiger partial charge in [-0.25, -0.2) is 0 Å².